The van der Waals surface area contributed by atoms with Gasteiger partial charge in [-0.1, -0.05) is 11.6 Å². The SMILES string of the molecule is CCNC(=NCCc1c(C)nn(C)c1C)NC1CCN(c2cc(Cl)ccc2OC)C1.I. The third kappa shape index (κ3) is 6.41. The summed E-state index contributed by atoms with van der Waals surface area (Å²) >= 11 is 6.21. The largest absolute Gasteiger partial charge is 0.495 e. The number of anilines is 1. The first-order valence-electron chi connectivity index (χ1n) is 10.5. The third-order valence-electron chi connectivity index (χ3n) is 5.65. The maximum Gasteiger partial charge on any atom is 0.191 e. The predicted octanol–water partition coefficient (Wildman–Crippen LogP) is 3.69. The highest BCUT2D eigenvalue weighted by Gasteiger charge is 2.25. The number of rotatable bonds is 7. The van der Waals surface area contributed by atoms with E-state index in [1.54, 1.807) is 7.11 Å². The van der Waals surface area contributed by atoms with Crippen LogP contribution in [0, 0.1) is 13.8 Å². The zero-order valence-corrected chi connectivity index (χ0v) is 22.1. The van der Waals surface area contributed by atoms with Crippen LogP contribution in [0.15, 0.2) is 23.2 Å². The number of methoxy groups -OCH3 is 1. The molecule has 1 aromatic heterocycles. The quantitative estimate of drug-likeness (QED) is 0.307. The minimum Gasteiger partial charge on any atom is -0.495 e. The van der Waals surface area contributed by atoms with E-state index >= 15 is 0 Å². The van der Waals surface area contributed by atoms with Gasteiger partial charge in [-0.25, -0.2) is 0 Å². The van der Waals surface area contributed by atoms with Crippen molar-refractivity contribution < 1.29 is 4.74 Å². The van der Waals surface area contributed by atoms with Crippen LogP contribution in [0.1, 0.15) is 30.3 Å². The van der Waals surface area contributed by atoms with Gasteiger partial charge in [0.05, 0.1) is 18.5 Å². The van der Waals surface area contributed by atoms with E-state index in [1.807, 2.05) is 29.9 Å². The zero-order chi connectivity index (χ0) is 21.7. The number of benzene rings is 1. The van der Waals surface area contributed by atoms with E-state index < -0.39 is 0 Å². The Morgan fingerprint density at radius 1 is 1.35 bits per heavy atom. The first kappa shape index (κ1) is 25.6. The van der Waals surface area contributed by atoms with E-state index in [0.717, 1.165) is 67.1 Å². The molecule has 1 aromatic carbocycles. The number of aliphatic imine (C=N–C) groups is 1. The predicted molar refractivity (Wildman–Crippen MR) is 140 cm³/mol. The van der Waals surface area contributed by atoms with Gasteiger partial charge in [-0.3, -0.25) is 9.67 Å². The normalized spacial score (nSPS) is 16.3. The van der Waals surface area contributed by atoms with Gasteiger partial charge in [-0.2, -0.15) is 5.10 Å². The number of aryl methyl sites for hydroxylation is 2. The third-order valence-corrected chi connectivity index (χ3v) is 5.88. The van der Waals surface area contributed by atoms with Crippen molar-refractivity contribution in [3.63, 3.8) is 0 Å². The smallest absolute Gasteiger partial charge is 0.191 e. The fourth-order valence-corrected chi connectivity index (χ4v) is 4.15. The Morgan fingerprint density at radius 3 is 2.77 bits per heavy atom. The van der Waals surface area contributed by atoms with Crippen LogP contribution >= 0.6 is 35.6 Å². The van der Waals surface area contributed by atoms with Gasteiger partial charge in [-0.15, -0.1) is 24.0 Å². The van der Waals surface area contributed by atoms with Gasteiger partial charge in [0.1, 0.15) is 5.75 Å². The second-order valence-electron chi connectivity index (χ2n) is 7.68. The molecule has 0 spiro atoms. The monoisotopic (exact) mass is 560 g/mol. The van der Waals surface area contributed by atoms with E-state index in [4.69, 9.17) is 21.3 Å². The fourth-order valence-electron chi connectivity index (χ4n) is 3.98. The molecule has 0 radical (unpaired) electrons. The van der Waals surface area contributed by atoms with Crippen LogP contribution in [-0.4, -0.2) is 55.1 Å². The number of nitrogens with zero attached hydrogens (tertiary/aromatic N) is 4. The van der Waals surface area contributed by atoms with Crippen molar-refractivity contribution in [3.8, 4) is 5.75 Å². The van der Waals surface area contributed by atoms with E-state index in [0.29, 0.717) is 6.04 Å². The Morgan fingerprint density at radius 2 is 2.13 bits per heavy atom. The molecule has 0 amide bonds. The Balaban J connectivity index is 0.00000341. The number of halogens is 2. The number of guanidine groups is 1. The van der Waals surface area contributed by atoms with Crippen molar-refractivity contribution in [3.05, 3.63) is 40.2 Å². The van der Waals surface area contributed by atoms with Gasteiger partial charge in [0.15, 0.2) is 5.96 Å². The summed E-state index contributed by atoms with van der Waals surface area (Å²) in [5, 5.41) is 12.2. The molecule has 1 aliphatic heterocycles. The van der Waals surface area contributed by atoms with Gasteiger partial charge in [0, 0.05) is 50.0 Å². The minimum absolute atomic E-state index is 0. The molecule has 0 saturated carbocycles. The molecule has 7 nitrogen and oxygen atoms in total. The zero-order valence-electron chi connectivity index (χ0n) is 19.0. The van der Waals surface area contributed by atoms with Gasteiger partial charge in [0.2, 0.25) is 0 Å². The molecule has 2 N–H and O–H groups in total. The van der Waals surface area contributed by atoms with Gasteiger partial charge < -0.3 is 20.3 Å². The highest BCUT2D eigenvalue weighted by molar-refractivity contribution is 14.0. The van der Waals surface area contributed by atoms with Crippen LogP contribution in [0.3, 0.4) is 0 Å². The lowest BCUT2D eigenvalue weighted by atomic mass is 10.1. The summed E-state index contributed by atoms with van der Waals surface area (Å²) in [7, 11) is 3.68. The molecule has 1 aliphatic rings. The first-order valence-corrected chi connectivity index (χ1v) is 10.9. The minimum atomic E-state index is 0. The standard InChI is InChI=1S/C22H33ClN6O.HI/c1-6-24-22(25-11-9-19-15(2)27-28(4)16(19)3)26-18-10-12-29(14-18)20-13-17(23)7-8-21(20)30-5;/h7-8,13,18H,6,9-12,14H2,1-5H3,(H2,24,25,26);1H. The van der Waals surface area contributed by atoms with E-state index in [9.17, 15) is 0 Å². The summed E-state index contributed by atoms with van der Waals surface area (Å²) in [6.45, 7) is 9.64. The summed E-state index contributed by atoms with van der Waals surface area (Å²) in [6, 6.07) is 6.07. The van der Waals surface area contributed by atoms with E-state index in [2.05, 4.69) is 41.4 Å². The van der Waals surface area contributed by atoms with Crippen molar-refractivity contribution in [2.24, 2.45) is 12.0 Å². The average molecular weight is 561 g/mol. The lowest BCUT2D eigenvalue weighted by molar-refractivity contribution is 0.415. The molecule has 9 heteroatoms. The summed E-state index contributed by atoms with van der Waals surface area (Å²) in [4.78, 5) is 7.12. The van der Waals surface area contributed by atoms with Crippen LogP contribution in [0.2, 0.25) is 5.02 Å². The summed E-state index contributed by atoms with van der Waals surface area (Å²) in [6.07, 6.45) is 1.92. The number of hydrogen-bond donors (Lipinski definition) is 2. The highest BCUT2D eigenvalue weighted by atomic mass is 127. The van der Waals surface area contributed by atoms with Crippen molar-refractivity contribution in [2.75, 3.05) is 38.2 Å². The first-order chi connectivity index (χ1) is 14.4. The van der Waals surface area contributed by atoms with Gasteiger partial charge >= 0.3 is 0 Å². The molecule has 172 valence electrons. The summed E-state index contributed by atoms with van der Waals surface area (Å²) < 4.78 is 7.46. The fraction of sp³-hybridized carbons (Fsp3) is 0.545. The average Bonchev–Trinajstić information content (AvgIpc) is 3.27. The number of nitrogens with one attached hydrogen (secondary N) is 2. The lowest BCUT2D eigenvalue weighted by Crippen LogP contribution is -2.44. The number of aromatic nitrogens is 2. The number of ether oxygens (including phenoxy) is 1. The molecule has 3 rings (SSSR count). The summed E-state index contributed by atoms with van der Waals surface area (Å²) in [5.74, 6) is 1.71. The second kappa shape index (κ2) is 11.8. The molecule has 0 aliphatic carbocycles. The Hall–Kier alpha value is -1.68. The molecule has 1 unspecified atom stereocenters. The molecule has 2 heterocycles. The van der Waals surface area contributed by atoms with Crippen molar-refractivity contribution in [1.29, 1.82) is 0 Å². The molecular weight excluding hydrogens is 527 g/mol. The van der Waals surface area contributed by atoms with Crippen LogP contribution in [0.5, 0.6) is 5.75 Å². The van der Waals surface area contributed by atoms with Crippen molar-refractivity contribution >= 4 is 47.2 Å². The Labute approximate surface area is 207 Å². The van der Waals surface area contributed by atoms with Crippen molar-refractivity contribution in [1.82, 2.24) is 20.4 Å². The second-order valence-corrected chi connectivity index (χ2v) is 8.11. The maximum atomic E-state index is 6.21. The molecule has 0 bridgehead atoms. The van der Waals surface area contributed by atoms with Gasteiger partial charge in [0.25, 0.3) is 0 Å². The van der Waals surface area contributed by atoms with Crippen LogP contribution in [0.4, 0.5) is 5.69 Å². The molecule has 1 saturated heterocycles. The Bertz CT molecular complexity index is 900. The van der Waals surface area contributed by atoms with Crippen LogP contribution in [-0.2, 0) is 13.5 Å². The molecular formula is C22H34ClIN6O. The molecule has 2 aromatic rings. The van der Waals surface area contributed by atoms with Crippen LogP contribution < -0.4 is 20.3 Å². The van der Waals surface area contributed by atoms with E-state index in [-0.39, 0.29) is 24.0 Å². The molecule has 31 heavy (non-hydrogen) atoms. The summed E-state index contributed by atoms with van der Waals surface area (Å²) in [5.41, 5.74) is 4.63. The molecule has 1 fully saturated rings. The Kier molecular flexibility index (Phi) is 9.74. The lowest BCUT2D eigenvalue weighted by Gasteiger charge is -2.22. The maximum absolute atomic E-state index is 6.21. The van der Waals surface area contributed by atoms with E-state index in [1.165, 1.54) is 11.3 Å². The highest BCUT2D eigenvalue weighted by Crippen LogP contribution is 2.33. The van der Waals surface area contributed by atoms with Crippen LogP contribution in [0.25, 0.3) is 0 Å². The number of hydrogen-bond acceptors (Lipinski definition) is 4. The van der Waals surface area contributed by atoms with Gasteiger partial charge in [-0.05, 0) is 57.4 Å². The topological polar surface area (TPSA) is 66.7 Å². The molecule has 1 atom stereocenters. The van der Waals surface area contributed by atoms with Crippen molar-refractivity contribution in [2.45, 2.75) is 39.7 Å².